The fraction of sp³-hybridized carbons (Fsp3) is 0.238. The minimum Gasteiger partial charge on any atom is -0.465 e. The average Bonchev–Trinajstić information content (AvgIpc) is 3.03. The quantitative estimate of drug-likeness (QED) is 0.609. The van der Waals surface area contributed by atoms with Crippen molar-refractivity contribution in [2.75, 3.05) is 7.11 Å². The van der Waals surface area contributed by atoms with E-state index in [4.69, 9.17) is 9.47 Å². The molecule has 0 radical (unpaired) electrons. The number of ether oxygens (including phenoxy) is 3. The van der Waals surface area contributed by atoms with Crippen molar-refractivity contribution in [3.8, 4) is 11.5 Å². The summed E-state index contributed by atoms with van der Waals surface area (Å²) in [5.41, 5.74) is 0.625. The van der Waals surface area contributed by atoms with Crippen LogP contribution in [0.3, 0.4) is 0 Å². The first-order valence-corrected chi connectivity index (χ1v) is 8.47. The second-order valence-corrected chi connectivity index (χ2v) is 7.00. The van der Waals surface area contributed by atoms with Crippen LogP contribution in [0.5, 0.6) is 11.5 Å². The minimum absolute atomic E-state index is 0.397. The Kier molecular flexibility index (Phi) is 4.90. The van der Waals surface area contributed by atoms with Crippen LogP contribution >= 0.6 is 0 Å². The highest BCUT2D eigenvalue weighted by molar-refractivity contribution is 5.90. The van der Waals surface area contributed by atoms with Crippen LogP contribution in [-0.4, -0.2) is 29.3 Å². The lowest BCUT2D eigenvalue weighted by Crippen LogP contribution is -2.26. The monoisotopic (exact) mass is 367 g/mol. The highest BCUT2D eigenvalue weighted by Gasteiger charge is 2.19. The van der Waals surface area contributed by atoms with Gasteiger partial charge >= 0.3 is 12.1 Å². The van der Waals surface area contributed by atoms with Crippen LogP contribution in [0.15, 0.2) is 54.7 Å². The van der Waals surface area contributed by atoms with Crippen molar-refractivity contribution in [3.63, 3.8) is 0 Å². The summed E-state index contributed by atoms with van der Waals surface area (Å²) < 4.78 is 17.4. The molecule has 1 aromatic heterocycles. The number of hydrogen-bond donors (Lipinski definition) is 0. The van der Waals surface area contributed by atoms with Crippen LogP contribution in [0.1, 0.15) is 31.1 Å². The minimum atomic E-state index is -0.562. The number of aromatic nitrogens is 1. The Labute approximate surface area is 157 Å². The lowest BCUT2D eigenvalue weighted by Gasteiger charge is -2.19. The molecule has 0 amide bonds. The van der Waals surface area contributed by atoms with Gasteiger partial charge in [-0.2, -0.15) is 0 Å². The number of carbonyl (C=O) groups excluding carboxylic acids is 2. The fourth-order valence-corrected chi connectivity index (χ4v) is 2.57. The van der Waals surface area contributed by atoms with Gasteiger partial charge in [0.15, 0.2) is 0 Å². The van der Waals surface area contributed by atoms with Gasteiger partial charge in [-0.05, 0) is 69.3 Å². The third-order valence-electron chi connectivity index (χ3n) is 3.76. The fourth-order valence-electron chi connectivity index (χ4n) is 2.57. The summed E-state index contributed by atoms with van der Waals surface area (Å²) in [6.45, 7) is 5.48. The highest BCUT2D eigenvalue weighted by Crippen LogP contribution is 2.27. The Morgan fingerprint density at radius 2 is 1.59 bits per heavy atom. The molecule has 27 heavy (non-hydrogen) atoms. The molecule has 0 saturated heterocycles. The van der Waals surface area contributed by atoms with Gasteiger partial charge in [-0.1, -0.05) is 0 Å². The Bertz CT molecular complexity index is 980. The predicted octanol–water partition coefficient (Wildman–Crippen LogP) is 5.00. The third kappa shape index (κ3) is 4.28. The number of fused-ring (bicyclic) bond motifs is 1. The van der Waals surface area contributed by atoms with Gasteiger partial charge in [0.25, 0.3) is 0 Å². The maximum atomic E-state index is 12.3. The van der Waals surface area contributed by atoms with E-state index in [2.05, 4.69) is 4.74 Å². The van der Waals surface area contributed by atoms with E-state index < -0.39 is 17.7 Å². The summed E-state index contributed by atoms with van der Waals surface area (Å²) in [6.07, 6.45) is 1.25. The molecule has 0 fully saturated rings. The number of hydrogen-bond acceptors (Lipinski definition) is 5. The zero-order valence-electron chi connectivity index (χ0n) is 15.7. The second kappa shape index (κ2) is 7.15. The summed E-state index contributed by atoms with van der Waals surface area (Å²) in [5, 5.41) is 0.851. The smallest absolute Gasteiger partial charge is 0.418 e. The van der Waals surface area contributed by atoms with E-state index >= 15 is 0 Å². The van der Waals surface area contributed by atoms with E-state index in [1.165, 1.54) is 11.7 Å². The molecule has 0 spiro atoms. The summed E-state index contributed by atoms with van der Waals surface area (Å²) >= 11 is 0. The van der Waals surface area contributed by atoms with Crippen LogP contribution in [0.4, 0.5) is 4.79 Å². The Hall–Kier alpha value is -3.28. The van der Waals surface area contributed by atoms with E-state index in [9.17, 15) is 9.59 Å². The number of carbonyl (C=O) groups is 2. The van der Waals surface area contributed by atoms with Gasteiger partial charge in [0.1, 0.15) is 17.1 Å². The second-order valence-electron chi connectivity index (χ2n) is 7.00. The number of esters is 1. The van der Waals surface area contributed by atoms with E-state index in [1.54, 1.807) is 42.6 Å². The van der Waals surface area contributed by atoms with E-state index in [0.29, 0.717) is 17.1 Å². The molecule has 0 saturated carbocycles. The molecular formula is C21H21NO5. The molecule has 0 atom stereocenters. The van der Waals surface area contributed by atoms with Gasteiger partial charge in [0.05, 0.1) is 18.2 Å². The first-order chi connectivity index (χ1) is 12.8. The van der Waals surface area contributed by atoms with E-state index in [-0.39, 0.29) is 0 Å². The molecule has 1 heterocycles. The lowest BCUT2D eigenvalue weighted by atomic mass is 10.2. The largest absolute Gasteiger partial charge is 0.465 e. The maximum Gasteiger partial charge on any atom is 0.418 e. The zero-order valence-corrected chi connectivity index (χ0v) is 15.7. The van der Waals surface area contributed by atoms with Crippen molar-refractivity contribution in [1.29, 1.82) is 0 Å². The molecule has 3 rings (SSSR count). The van der Waals surface area contributed by atoms with Gasteiger partial charge in [-0.15, -0.1) is 0 Å². The topological polar surface area (TPSA) is 66.8 Å². The Morgan fingerprint density at radius 3 is 2.22 bits per heavy atom. The molecule has 6 nitrogen and oxygen atoms in total. The van der Waals surface area contributed by atoms with Crippen molar-refractivity contribution in [2.24, 2.45) is 0 Å². The standard InChI is InChI=1S/C21H21NO5/c1-21(2,3)27-20(24)22-12-11-15-13-17(9-10-18(15)22)26-16-7-5-14(6-8-16)19(23)25-4/h5-13H,1-4H3. The van der Waals surface area contributed by atoms with Crippen molar-refractivity contribution in [2.45, 2.75) is 26.4 Å². The number of nitrogens with zero attached hydrogens (tertiary/aromatic N) is 1. The molecule has 2 aromatic carbocycles. The van der Waals surface area contributed by atoms with Crippen LogP contribution in [0, 0.1) is 0 Å². The average molecular weight is 367 g/mol. The van der Waals surface area contributed by atoms with Gasteiger partial charge in [0, 0.05) is 11.6 Å². The van der Waals surface area contributed by atoms with Crippen LogP contribution in [0.2, 0.25) is 0 Å². The van der Waals surface area contributed by atoms with E-state index in [0.717, 1.165) is 10.9 Å². The molecule has 0 bridgehead atoms. The van der Waals surface area contributed by atoms with Gasteiger partial charge < -0.3 is 14.2 Å². The highest BCUT2D eigenvalue weighted by atomic mass is 16.6. The van der Waals surface area contributed by atoms with Gasteiger partial charge in [0.2, 0.25) is 0 Å². The summed E-state index contributed by atoms with van der Waals surface area (Å²) in [6, 6.07) is 13.9. The van der Waals surface area contributed by atoms with Crippen molar-refractivity contribution >= 4 is 23.0 Å². The summed E-state index contributed by atoms with van der Waals surface area (Å²) in [7, 11) is 1.34. The van der Waals surface area contributed by atoms with Gasteiger partial charge in [-0.3, -0.25) is 4.57 Å². The van der Waals surface area contributed by atoms with Crippen molar-refractivity contribution in [3.05, 3.63) is 60.3 Å². The van der Waals surface area contributed by atoms with Crippen molar-refractivity contribution in [1.82, 2.24) is 4.57 Å². The first-order valence-electron chi connectivity index (χ1n) is 8.47. The summed E-state index contributed by atoms with van der Waals surface area (Å²) in [4.78, 5) is 23.8. The molecule has 0 N–H and O–H groups in total. The maximum absolute atomic E-state index is 12.3. The Morgan fingerprint density at radius 1 is 0.926 bits per heavy atom. The lowest BCUT2D eigenvalue weighted by molar-refractivity contribution is 0.0542. The summed E-state index contributed by atoms with van der Waals surface area (Å²) in [5.74, 6) is 0.815. The normalized spacial score (nSPS) is 11.3. The van der Waals surface area contributed by atoms with E-state index in [1.807, 2.05) is 32.9 Å². The molecular weight excluding hydrogens is 346 g/mol. The first kappa shape index (κ1) is 18.5. The number of benzene rings is 2. The SMILES string of the molecule is COC(=O)c1ccc(Oc2ccc3c(ccn3C(=O)OC(C)(C)C)c2)cc1. The van der Waals surface area contributed by atoms with Gasteiger partial charge in [-0.25, -0.2) is 9.59 Å². The molecule has 0 unspecified atom stereocenters. The number of methoxy groups -OCH3 is 1. The third-order valence-corrected chi connectivity index (χ3v) is 3.76. The molecule has 6 heteroatoms. The van der Waals surface area contributed by atoms with Crippen LogP contribution < -0.4 is 4.74 Å². The number of rotatable bonds is 3. The molecule has 0 aliphatic rings. The molecule has 140 valence electrons. The molecule has 3 aromatic rings. The zero-order chi connectivity index (χ0) is 19.6. The van der Waals surface area contributed by atoms with Crippen LogP contribution in [-0.2, 0) is 9.47 Å². The predicted molar refractivity (Wildman–Crippen MR) is 101 cm³/mol. The Balaban J connectivity index is 1.79. The molecule has 0 aliphatic carbocycles. The van der Waals surface area contributed by atoms with Crippen molar-refractivity contribution < 1.29 is 23.8 Å². The van der Waals surface area contributed by atoms with Crippen LogP contribution in [0.25, 0.3) is 10.9 Å². The molecule has 0 aliphatic heterocycles.